The van der Waals surface area contributed by atoms with E-state index in [4.69, 9.17) is 9.84 Å². The van der Waals surface area contributed by atoms with E-state index >= 15 is 0 Å². The van der Waals surface area contributed by atoms with Gasteiger partial charge in [-0.3, -0.25) is 4.79 Å². The molecular weight excluding hydrogens is 198 g/mol. The van der Waals surface area contributed by atoms with Crippen LogP contribution >= 0.6 is 0 Å². The lowest BCUT2D eigenvalue weighted by atomic mass is 10.3. The highest BCUT2D eigenvalue weighted by molar-refractivity contribution is 6.37. The predicted molar refractivity (Wildman–Crippen MR) is 54.0 cm³/mol. The Morgan fingerprint density at radius 3 is 2.20 bits per heavy atom. The van der Waals surface area contributed by atoms with Crippen LogP contribution in [-0.4, -0.2) is 31.1 Å². The zero-order valence-electron chi connectivity index (χ0n) is 8.43. The number of carbonyl (C=O) groups is 2. The van der Waals surface area contributed by atoms with Crippen molar-refractivity contribution in [3.8, 4) is 5.75 Å². The van der Waals surface area contributed by atoms with E-state index in [1.54, 1.807) is 24.3 Å². The van der Waals surface area contributed by atoms with Crippen molar-refractivity contribution in [3.63, 3.8) is 0 Å². The first kappa shape index (κ1) is 11.0. The molecule has 0 bridgehead atoms. The van der Waals surface area contributed by atoms with E-state index < -0.39 is 11.9 Å². The molecule has 1 amide bonds. The van der Waals surface area contributed by atoms with Gasteiger partial charge in [0.05, 0.1) is 7.11 Å². The summed E-state index contributed by atoms with van der Waals surface area (Å²) in [7, 11) is 2.93. The molecule has 0 saturated heterocycles. The van der Waals surface area contributed by atoms with Crippen molar-refractivity contribution in [1.82, 2.24) is 0 Å². The fraction of sp³-hybridized carbons (Fsp3) is 0.200. The molecule has 5 nitrogen and oxygen atoms in total. The smallest absolute Gasteiger partial charge is 0.394 e. The summed E-state index contributed by atoms with van der Waals surface area (Å²) in [5.74, 6) is -1.80. The summed E-state index contributed by atoms with van der Waals surface area (Å²) in [6.45, 7) is 0. The van der Waals surface area contributed by atoms with Gasteiger partial charge >= 0.3 is 11.9 Å². The number of hydrogen-bond acceptors (Lipinski definition) is 3. The summed E-state index contributed by atoms with van der Waals surface area (Å²) >= 11 is 0. The summed E-state index contributed by atoms with van der Waals surface area (Å²) in [4.78, 5) is 22.6. The van der Waals surface area contributed by atoms with E-state index in [-0.39, 0.29) is 0 Å². The van der Waals surface area contributed by atoms with Crippen molar-refractivity contribution in [1.29, 1.82) is 0 Å². The number of aliphatic carboxylic acids is 1. The molecule has 1 aromatic rings. The largest absolute Gasteiger partial charge is 0.497 e. The molecule has 0 fully saturated rings. The van der Waals surface area contributed by atoms with E-state index in [2.05, 4.69) is 0 Å². The first-order valence-corrected chi connectivity index (χ1v) is 4.21. The number of ether oxygens (including phenoxy) is 1. The fourth-order valence-corrected chi connectivity index (χ4v) is 1.07. The molecule has 1 rings (SSSR count). The summed E-state index contributed by atoms with van der Waals surface area (Å²) in [6, 6.07) is 6.53. The molecule has 0 radical (unpaired) electrons. The lowest BCUT2D eigenvalue weighted by Gasteiger charge is -2.14. The quantitative estimate of drug-likeness (QED) is 0.729. The van der Waals surface area contributed by atoms with Gasteiger partial charge in [0.1, 0.15) is 5.75 Å². The number of benzene rings is 1. The lowest BCUT2D eigenvalue weighted by Crippen LogP contribution is -2.32. The molecule has 0 aliphatic carbocycles. The number of carboxylic acid groups (broad SMARTS) is 1. The number of amides is 1. The molecule has 0 heterocycles. The molecule has 0 spiro atoms. The van der Waals surface area contributed by atoms with Gasteiger partial charge in [-0.25, -0.2) is 4.79 Å². The van der Waals surface area contributed by atoms with E-state index in [1.165, 1.54) is 14.2 Å². The topological polar surface area (TPSA) is 66.8 Å². The van der Waals surface area contributed by atoms with Crippen LogP contribution in [0.1, 0.15) is 0 Å². The Kier molecular flexibility index (Phi) is 3.28. The van der Waals surface area contributed by atoms with Gasteiger partial charge in [0.15, 0.2) is 0 Å². The molecule has 15 heavy (non-hydrogen) atoms. The Labute approximate surface area is 86.9 Å². The molecule has 5 heteroatoms. The van der Waals surface area contributed by atoms with Gasteiger partial charge in [0.25, 0.3) is 0 Å². The molecule has 0 saturated carbocycles. The number of hydrogen-bond donors (Lipinski definition) is 1. The average Bonchev–Trinajstić information content (AvgIpc) is 2.27. The third-order valence-electron chi connectivity index (χ3n) is 1.95. The number of carbonyl (C=O) groups excluding carboxylic acids is 1. The van der Waals surface area contributed by atoms with Crippen LogP contribution in [0, 0.1) is 0 Å². The third-order valence-corrected chi connectivity index (χ3v) is 1.95. The van der Waals surface area contributed by atoms with Gasteiger partial charge in [-0.15, -0.1) is 0 Å². The number of nitrogens with zero attached hydrogens (tertiary/aromatic N) is 1. The highest BCUT2D eigenvalue weighted by Crippen LogP contribution is 2.17. The van der Waals surface area contributed by atoms with Gasteiger partial charge in [-0.2, -0.15) is 0 Å². The van der Waals surface area contributed by atoms with E-state index in [1.807, 2.05) is 0 Å². The Hall–Kier alpha value is -2.04. The van der Waals surface area contributed by atoms with Gasteiger partial charge in [-0.05, 0) is 24.3 Å². The Morgan fingerprint density at radius 1 is 1.27 bits per heavy atom. The Bertz CT molecular complexity index is 372. The van der Waals surface area contributed by atoms with Crippen molar-refractivity contribution >= 4 is 17.6 Å². The standard InChI is InChI=1S/C10H11NO4/c1-11(9(12)10(13)14)7-3-5-8(15-2)6-4-7/h3-6H,1-2H3,(H,13,14). The maximum Gasteiger partial charge on any atom is 0.394 e. The fourth-order valence-electron chi connectivity index (χ4n) is 1.07. The SMILES string of the molecule is COc1ccc(N(C)C(=O)C(=O)O)cc1. The van der Waals surface area contributed by atoms with Crippen molar-refractivity contribution in [2.75, 3.05) is 19.1 Å². The molecule has 0 unspecified atom stereocenters. The normalized spacial score (nSPS) is 9.47. The lowest BCUT2D eigenvalue weighted by molar-refractivity contribution is -0.148. The number of methoxy groups -OCH3 is 1. The van der Waals surface area contributed by atoms with E-state index in [9.17, 15) is 9.59 Å². The summed E-state index contributed by atoms with van der Waals surface area (Å²) in [5.41, 5.74) is 0.503. The van der Waals surface area contributed by atoms with Crippen LogP contribution in [0.25, 0.3) is 0 Å². The van der Waals surface area contributed by atoms with Gasteiger partial charge in [-0.1, -0.05) is 0 Å². The highest BCUT2D eigenvalue weighted by atomic mass is 16.5. The van der Waals surface area contributed by atoms with Crippen LogP contribution in [0.3, 0.4) is 0 Å². The van der Waals surface area contributed by atoms with E-state index in [0.717, 1.165) is 4.90 Å². The molecule has 0 aliphatic heterocycles. The molecule has 0 aromatic heterocycles. The molecule has 1 N–H and O–H groups in total. The van der Waals surface area contributed by atoms with Gasteiger partial charge in [0, 0.05) is 12.7 Å². The molecule has 0 atom stereocenters. The second kappa shape index (κ2) is 4.45. The highest BCUT2D eigenvalue weighted by Gasteiger charge is 2.18. The summed E-state index contributed by atoms with van der Waals surface area (Å²) in [6.07, 6.45) is 0. The number of rotatable bonds is 2. The predicted octanol–water partition coefficient (Wildman–Crippen LogP) is 0.743. The number of likely N-dealkylation sites (N-methyl/N-ethyl adjacent to an activating group) is 1. The van der Waals surface area contributed by atoms with Crippen LogP contribution in [0.5, 0.6) is 5.75 Å². The van der Waals surface area contributed by atoms with Crippen molar-refractivity contribution < 1.29 is 19.4 Å². The average molecular weight is 209 g/mol. The molecular formula is C10H11NO4. The second-order valence-corrected chi connectivity index (χ2v) is 2.87. The molecule has 1 aromatic carbocycles. The minimum atomic E-state index is -1.48. The zero-order valence-corrected chi connectivity index (χ0v) is 8.43. The second-order valence-electron chi connectivity index (χ2n) is 2.87. The number of carboxylic acids is 1. The van der Waals surface area contributed by atoms with Gasteiger partial charge in [0.2, 0.25) is 0 Å². The van der Waals surface area contributed by atoms with Crippen LogP contribution in [-0.2, 0) is 9.59 Å². The van der Waals surface area contributed by atoms with Crippen LogP contribution < -0.4 is 9.64 Å². The monoisotopic (exact) mass is 209 g/mol. The maximum atomic E-state index is 11.1. The van der Waals surface area contributed by atoms with Crippen LogP contribution in [0.4, 0.5) is 5.69 Å². The van der Waals surface area contributed by atoms with Crippen LogP contribution in [0.2, 0.25) is 0 Å². The minimum absolute atomic E-state index is 0.503. The van der Waals surface area contributed by atoms with Gasteiger partial charge < -0.3 is 14.7 Å². The van der Waals surface area contributed by atoms with Crippen molar-refractivity contribution in [2.45, 2.75) is 0 Å². The maximum absolute atomic E-state index is 11.1. The third kappa shape index (κ3) is 2.46. The summed E-state index contributed by atoms with van der Waals surface area (Å²) < 4.78 is 4.94. The van der Waals surface area contributed by atoms with Crippen molar-refractivity contribution in [3.05, 3.63) is 24.3 Å². The Balaban J connectivity index is 2.87. The minimum Gasteiger partial charge on any atom is -0.497 e. The zero-order chi connectivity index (χ0) is 11.4. The number of anilines is 1. The molecule has 0 aliphatic rings. The van der Waals surface area contributed by atoms with Crippen molar-refractivity contribution in [2.24, 2.45) is 0 Å². The first-order chi connectivity index (χ1) is 7.06. The summed E-state index contributed by atoms with van der Waals surface area (Å²) in [5, 5.41) is 8.50. The molecule has 80 valence electrons. The van der Waals surface area contributed by atoms with Crippen LogP contribution in [0.15, 0.2) is 24.3 Å². The first-order valence-electron chi connectivity index (χ1n) is 4.21. The van der Waals surface area contributed by atoms with E-state index in [0.29, 0.717) is 11.4 Å². The Morgan fingerprint density at radius 2 is 1.80 bits per heavy atom.